The van der Waals surface area contributed by atoms with Gasteiger partial charge in [-0.2, -0.15) is 0 Å². The fourth-order valence-electron chi connectivity index (χ4n) is 1.75. The Kier molecular flexibility index (Phi) is 4.50. The van der Waals surface area contributed by atoms with E-state index in [2.05, 4.69) is 15.0 Å². The third kappa shape index (κ3) is 4.04. The maximum Gasteiger partial charge on any atom is 0.328 e. The summed E-state index contributed by atoms with van der Waals surface area (Å²) in [6, 6.07) is 6.84. The van der Waals surface area contributed by atoms with Crippen LogP contribution in [0.3, 0.4) is 0 Å². The van der Waals surface area contributed by atoms with Gasteiger partial charge in [0.1, 0.15) is 12.0 Å². The SMILES string of the molecule is Cc1ccc(/C=C/C(=O)O)cc1C(=O)NCc1ccon1. The normalized spacial score (nSPS) is 10.7. The van der Waals surface area contributed by atoms with Crippen LogP contribution in [0.15, 0.2) is 41.1 Å². The Morgan fingerprint density at radius 3 is 2.86 bits per heavy atom. The van der Waals surface area contributed by atoms with Crippen LogP contribution >= 0.6 is 0 Å². The molecule has 0 unspecified atom stereocenters. The zero-order chi connectivity index (χ0) is 15.2. The molecule has 6 nitrogen and oxygen atoms in total. The molecule has 1 aromatic heterocycles. The van der Waals surface area contributed by atoms with Gasteiger partial charge in [-0.05, 0) is 30.2 Å². The van der Waals surface area contributed by atoms with Crippen molar-refractivity contribution in [3.05, 3.63) is 59.0 Å². The molecular formula is C15H14N2O4. The van der Waals surface area contributed by atoms with E-state index < -0.39 is 5.97 Å². The van der Waals surface area contributed by atoms with E-state index in [4.69, 9.17) is 5.11 Å². The molecule has 0 saturated carbocycles. The van der Waals surface area contributed by atoms with Crippen molar-refractivity contribution < 1.29 is 19.2 Å². The summed E-state index contributed by atoms with van der Waals surface area (Å²) >= 11 is 0. The predicted octanol–water partition coefficient (Wildman–Crippen LogP) is 2.01. The molecule has 0 aliphatic rings. The number of aryl methyl sites for hydroxylation is 1. The highest BCUT2D eigenvalue weighted by Gasteiger charge is 2.10. The molecule has 0 bridgehead atoms. The minimum Gasteiger partial charge on any atom is -0.478 e. The van der Waals surface area contributed by atoms with Gasteiger partial charge in [-0.1, -0.05) is 17.3 Å². The standard InChI is InChI=1S/C15H14N2O4/c1-10-2-3-11(4-5-14(18)19)8-13(10)15(20)16-9-12-6-7-21-17-12/h2-8H,9H2,1H3,(H,16,20)(H,18,19)/b5-4+. The average Bonchev–Trinajstić information content (AvgIpc) is 2.97. The van der Waals surface area contributed by atoms with Crippen LogP contribution in [0.1, 0.15) is 27.2 Å². The molecule has 0 spiro atoms. The first-order chi connectivity index (χ1) is 10.1. The summed E-state index contributed by atoms with van der Waals surface area (Å²) in [5.74, 6) is -1.28. The van der Waals surface area contributed by atoms with Crippen LogP contribution in [-0.2, 0) is 11.3 Å². The zero-order valence-corrected chi connectivity index (χ0v) is 11.4. The Labute approximate surface area is 121 Å². The summed E-state index contributed by atoms with van der Waals surface area (Å²) < 4.78 is 4.68. The number of hydrogen-bond donors (Lipinski definition) is 2. The maximum absolute atomic E-state index is 12.1. The molecule has 0 aliphatic carbocycles. The van der Waals surface area contributed by atoms with Crippen LogP contribution in [0.4, 0.5) is 0 Å². The van der Waals surface area contributed by atoms with Gasteiger partial charge in [0.05, 0.1) is 6.54 Å². The van der Waals surface area contributed by atoms with E-state index in [1.54, 1.807) is 24.3 Å². The second-order valence-electron chi connectivity index (χ2n) is 4.42. The molecular weight excluding hydrogens is 272 g/mol. The summed E-state index contributed by atoms with van der Waals surface area (Å²) in [6.45, 7) is 2.08. The number of nitrogens with zero attached hydrogens (tertiary/aromatic N) is 1. The van der Waals surface area contributed by atoms with Crippen LogP contribution in [0.25, 0.3) is 6.08 Å². The molecule has 1 amide bonds. The van der Waals surface area contributed by atoms with E-state index in [9.17, 15) is 9.59 Å². The lowest BCUT2D eigenvalue weighted by Crippen LogP contribution is -2.23. The molecule has 0 atom stereocenters. The lowest BCUT2D eigenvalue weighted by molar-refractivity contribution is -0.131. The molecule has 0 radical (unpaired) electrons. The highest BCUT2D eigenvalue weighted by Crippen LogP contribution is 2.13. The van der Waals surface area contributed by atoms with Crippen LogP contribution in [0.5, 0.6) is 0 Å². The van der Waals surface area contributed by atoms with E-state index in [1.165, 1.54) is 12.3 Å². The fraction of sp³-hybridized carbons (Fsp3) is 0.133. The topological polar surface area (TPSA) is 92.4 Å². The number of benzene rings is 1. The predicted molar refractivity (Wildman–Crippen MR) is 75.5 cm³/mol. The Morgan fingerprint density at radius 1 is 1.38 bits per heavy atom. The molecule has 21 heavy (non-hydrogen) atoms. The van der Waals surface area contributed by atoms with E-state index in [0.717, 1.165) is 11.6 Å². The first kappa shape index (κ1) is 14.5. The molecule has 2 rings (SSSR count). The molecule has 0 aliphatic heterocycles. The van der Waals surface area contributed by atoms with Crippen molar-refractivity contribution in [1.29, 1.82) is 0 Å². The quantitative estimate of drug-likeness (QED) is 0.820. The largest absolute Gasteiger partial charge is 0.478 e. The molecule has 1 heterocycles. The van der Waals surface area contributed by atoms with E-state index in [-0.39, 0.29) is 12.5 Å². The molecule has 2 aromatic rings. The first-order valence-corrected chi connectivity index (χ1v) is 6.25. The van der Waals surface area contributed by atoms with E-state index in [0.29, 0.717) is 16.8 Å². The Balaban J connectivity index is 2.12. The molecule has 2 N–H and O–H groups in total. The minimum absolute atomic E-state index is 0.249. The van der Waals surface area contributed by atoms with Crippen molar-refractivity contribution in [2.75, 3.05) is 0 Å². The number of carboxylic acid groups (broad SMARTS) is 1. The summed E-state index contributed by atoms with van der Waals surface area (Å²) in [5, 5.41) is 15.1. The maximum atomic E-state index is 12.1. The van der Waals surface area contributed by atoms with Crippen LogP contribution in [0.2, 0.25) is 0 Å². The van der Waals surface area contributed by atoms with Crippen molar-refractivity contribution in [2.24, 2.45) is 0 Å². The molecule has 6 heteroatoms. The number of aliphatic carboxylic acids is 1. The van der Waals surface area contributed by atoms with Gasteiger partial charge in [0, 0.05) is 17.7 Å². The first-order valence-electron chi connectivity index (χ1n) is 6.25. The number of nitrogens with one attached hydrogen (secondary N) is 1. The Hall–Kier alpha value is -2.89. The summed E-state index contributed by atoms with van der Waals surface area (Å²) in [6.07, 6.45) is 3.90. The van der Waals surface area contributed by atoms with Crippen molar-refractivity contribution in [3.8, 4) is 0 Å². The summed E-state index contributed by atoms with van der Waals surface area (Å²) in [7, 11) is 0. The molecule has 1 aromatic carbocycles. The Bertz CT molecular complexity index is 675. The van der Waals surface area contributed by atoms with Gasteiger partial charge in [0.15, 0.2) is 0 Å². The highest BCUT2D eigenvalue weighted by molar-refractivity contribution is 5.96. The summed E-state index contributed by atoms with van der Waals surface area (Å²) in [4.78, 5) is 22.7. The second-order valence-corrected chi connectivity index (χ2v) is 4.42. The minimum atomic E-state index is -1.03. The van der Waals surface area contributed by atoms with Crippen molar-refractivity contribution in [2.45, 2.75) is 13.5 Å². The van der Waals surface area contributed by atoms with Gasteiger partial charge in [-0.15, -0.1) is 0 Å². The highest BCUT2D eigenvalue weighted by atomic mass is 16.5. The zero-order valence-electron chi connectivity index (χ0n) is 11.4. The number of carbonyl (C=O) groups excluding carboxylic acids is 1. The number of aromatic nitrogens is 1. The third-order valence-electron chi connectivity index (χ3n) is 2.85. The number of carboxylic acids is 1. The van der Waals surface area contributed by atoms with Crippen molar-refractivity contribution in [3.63, 3.8) is 0 Å². The van der Waals surface area contributed by atoms with E-state index >= 15 is 0 Å². The number of hydrogen-bond acceptors (Lipinski definition) is 4. The fourth-order valence-corrected chi connectivity index (χ4v) is 1.75. The number of amides is 1. The van der Waals surface area contributed by atoms with E-state index in [1.807, 2.05) is 6.92 Å². The Morgan fingerprint density at radius 2 is 2.19 bits per heavy atom. The van der Waals surface area contributed by atoms with Gasteiger partial charge < -0.3 is 14.9 Å². The van der Waals surface area contributed by atoms with Gasteiger partial charge in [-0.3, -0.25) is 4.79 Å². The van der Waals surface area contributed by atoms with Crippen LogP contribution in [-0.4, -0.2) is 22.1 Å². The smallest absolute Gasteiger partial charge is 0.328 e. The number of rotatable bonds is 5. The van der Waals surface area contributed by atoms with Gasteiger partial charge in [-0.25, -0.2) is 4.79 Å². The van der Waals surface area contributed by atoms with Gasteiger partial charge in [0.25, 0.3) is 5.91 Å². The van der Waals surface area contributed by atoms with Crippen LogP contribution in [0, 0.1) is 6.92 Å². The molecule has 0 saturated heterocycles. The monoisotopic (exact) mass is 286 g/mol. The molecule has 0 fully saturated rings. The van der Waals surface area contributed by atoms with Crippen molar-refractivity contribution >= 4 is 18.0 Å². The van der Waals surface area contributed by atoms with Gasteiger partial charge >= 0.3 is 5.97 Å². The average molecular weight is 286 g/mol. The second kappa shape index (κ2) is 6.51. The number of carbonyl (C=O) groups is 2. The van der Waals surface area contributed by atoms with Crippen LogP contribution < -0.4 is 5.32 Å². The molecule has 108 valence electrons. The third-order valence-corrected chi connectivity index (χ3v) is 2.85. The summed E-state index contributed by atoms with van der Waals surface area (Å²) in [5.41, 5.74) is 2.57. The van der Waals surface area contributed by atoms with Gasteiger partial charge in [0.2, 0.25) is 0 Å². The van der Waals surface area contributed by atoms with Crippen molar-refractivity contribution in [1.82, 2.24) is 10.5 Å². The lowest BCUT2D eigenvalue weighted by atomic mass is 10.0. The lowest BCUT2D eigenvalue weighted by Gasteiger charge is -2.07.